The Morgan fingerprint density at radius 1 is 0.256 bits per heavy atom. The number of rotatable bonds is 40. The summed E-state index contributed by atoms with van der Waals surface area (Å²) >= 11 is 3.31. The minimum atomic E-state index is 0.549. The molecule has 43 heavy (non-hydrogen) atoms. The van der Waals surface area contributed by atoms with E-state index in [1.165, 1.54) is 96.3 Å². The van der Waals surface area contributed by atoms with Gasteiger partial charge in [0, 0.05) is 11.9 Å². The summed E-state index contributed by atoms with van der Waals surface area (Å²) in [5.74, 6) is 0. The highest BCUT2D eigenvalue weighted by Crippen LogP contribution is 2.13. The van der Waals surface area contributed by atoms with Crippen LogP contribution in [0.25, 0.3) is 0 Å². The summed E-state index contributed by atoms with van der Waals surface area (Å²) < 4.78 is 43.9. The monoisotopic (exact) mass is 684 g/mol. The van der Waals surface area contributed by atoms with Crippen molar-refractivity contribution in [2.24, 2.45) is 0 Å². The largest absolute Gasteiger partial charge is 0.379 e. The summed E-state index contributed by atoms with van der Waals surface area (Å²) in [6, 6.07) is 0. The van der Waals surface area contributed by atoms with E-state index in [9.17, 15) is 0 Å². The first-order valence-electron chi connectivity index (χ1n) is 17.6. The normalized spacial score (nSPS) is 11.6. The van der Waals surface area contributed by atoms with E-state index in [2.05, 4.69) is 22.9 Å². The van der Waals surface area contributed by atoms with Gasteiger partial charge in [0.15, 0.2) is 0 Å². The molecule has 0 aliphatic rings. The van der Waals surface area contributed by atoms with Crippen molar-refractivity contribution in [3.05, 3.63) is 0 Å². The average Bonchev–Trinajstić information content (AvgIpc) is 3.02. The van der Waals surface area contributed by atoms with Gasteiger partial charge in [0.2, 0.25) is 0 Å². The molecule has 0 aromatic carbocycles. The molecule has 0 amide bonds. The molecular formula is C34H69BrO8. The van der Waals surface area contributed by atoms with Crippen LogP contribution in [-0.4, -0.2) is 111 Å². The standard InChI is InChI=1S/C34H69BrO8/c1-2-3-4-5-6-7-8-9-10-11-12-13-14-15-16-17-19-36-21-23-38-25-27-40-29-31-42-33-34-43-32-30-41-28-26-39-24-22-37-20-18-35/h2-34H2,1H3. The maximum absolute atomic E-state index is 5.68. The third-order valence-electron chi connectivity index (χ3n) is 6.97. The molecule has 0 aliphatic carbocycles. The molecule has 0 rings (SSSR count). The van der Waals surface area contributed by atoms with Crippen LogP contribution in [0.3, 0.4) is 0 Å². The second-order valence-corrected chi connectivity index (χ2v) is 11.7. The topological polar surface area (TPSA) is 73.8 Å². The fourth-order valence-electron chi connectivity index (χ4n) is 4.45. The Hall–Kier alpha value is 0.160. The predicted octanol–water partition coefficient (Wildman–Crippen LogP) is 7.78. The molecule has 0 radical (unpaired) electrons. The van der Waals surface area contributed by atoms with E-state index in [1.54, 1.807) is 0 Å². The first-order chi connectivity index (χ1) is 21.4. The minimum Gasteiger partial charge on any atom is -0.379 e. The van der Waals surface area contributed by atoms with Gasteiger partial charge in [-0.25, -0.2) is 0 Å². The number of ether oxygens (including phenoxy) is 8. The van der Waals surface area contributed by atoms with Crippen LogP contribution in [-0.2, 0) is 37.9 Å². The van der Waals surface area contributed by atoms with Gasteiger partial charge in [-0.3, -0.25) is 0 Å². The van der Waals surface area contributed by atoms with Gasteiger partial charge in [0.25, 0.3) is 0 Å². The fraction of sp³-hybridized carbons (Fsp3) is 1.00. The van der Waals surface area contributed by atoms with E-state index in [0.29, 0.717) is 99.1 Å². The third kappa shape index (κ3) is 42.2. The van der Waals surface area contributed by atoms with E-state index in [0.717, 1.165) is 18.4 Å². The van der Waals surface area contributed by atoms with Crippen molar-refractivity contribution in [2.45, 2.75) is 110 Å². The lowest BCUT2D eigenvalue weighted by molar-refractivity contribution is -0.0228. The Kier molecular flexibility index (Phi) is 42.3. The van der Waals surface area contributed by atoms with Crippen molar-refractivity contribution in [3.8, 4) is 0 Å². The van der Waals surface area contributed by atoms with Crippen molar-refractivity contribution in [1.82, 2.24) is 0 Å². The molecule has 0 N–H and O–H groups in total. The van der Waals surface area contributed by atoms with Crippen LogP contribution < -0.4 is 0 Å². The lowest BCUT2D eigenvalue weighted by Crippen LogP contribution is -2.15. The lowest BCUT2D eigenvalue weighted by Gasteiger charge is -2.08. The second kappa shape index (κ2) is 42.2. The number of alkyl halides is 1. The highest BCUT2D eigenvalue weighted by molar-refractivity contribution is 9.09. The van der Waals surface area contributed by atoms with Crippen molar-refractivity contribution in [2.75, 3.05) is 111 Å². The Morgan fingerprint density at radius 3 is 0.721 bits per heavy atom. The molecule has 8 nitrogen and oxygen atoms in total. The highest BCUT2D eigenvalue weighted by atomic mass is 79.9. The van der Waals surface area contributed by atoms with E-state index in [1.807, 2.05) is 0 Å². The van der Waals surface area contributed by atoms with E-state index in [-0.39, 0.29) is 0 Å². The van der Waals surface area contributed by atoms with Crippen LogP contribution >= 0.6 is 15.9 Å². The van der Waals surface area contributed by atoms with Crippen LogP contribution in [0.5, 0.6) is 0 Å². The van der Waals surface area contributed by atoms with Gasteiger partial charge in [0.1, 0.15) is 0 Å². The molecule has 0 fully saturated rings. The molecule has 0 aromatic heterocycles. The summed E-state index contributed by atoms with van der Waals surface area (Å²) in [4.78, 5) is 0. The van der Waals surface area contributed by atoms with Gasteiger partial charge in [-0.05, 0) is 6.42 Å². The molecule has 0 saturated carbocycles. The van der Waals surface area contributed by atoms with Crippen molar-refractivity contribution >= 4 is 15.9 Å². The van der Waals surface area contributed by atoms with Crippen LogP contribution in [0.4, 0.5) is 0 Å². The minimum absolute atomic E-state index is 0.549. The molecule has 0 aliphatic heterocycles. The Bertz CT molecular complexity index is 436. The molecule has 0 heterocycles. The van der Waals surface area contributed by atoms with Gasteiger partial charge in [-0.15, -0.1) is 0 Å². The Labute approximate surface area is 274 Å². The third-order valence-corrected chi connectivity index (χ3v) is 7.29. The molecule has 0 atom stereocenters. The maximum Gasteiger partial charge on any atom is 0.0701 e. The molecular weight excluding hydrogens is 616 g/mol. The maximum atomic E-state index is 5.68. The summed E-state index contributed by atoms with van der Waals surface area (Å²) in [6.07, 6.45) is 22.3. The first-order valence-corrected chi connectivity index (χ1v) is 18.7. The smallest absolute Gasteiger partial charge is 0.0701 e. The van der Waals surface area contributed by atoms with Crippen LogP contribution in [0.15, 0.2) is 0 Å². The van der Waals surface area contributed by atoms with Gasteiger partial charge >= 0.3 is 0 Å². The van der Waals surface area contributed by atoms with E-state index >= 15 is 0 Å². The summed E-state index contributed by atoms with van der Waals surface area (Å²) in [6.45, 7) is 11.9. The number of halogens is 1. The van der Waals surface area contributed by atoms with Crippen molar-refractivity contribution < 1.29 is 37.9 Å². The van der Waals surface area contributed by atoms with Gasteiger partial charge in [0.05, 0.1) is 99.1 Å². The summed E-state index contributed by atoms with van der Waals surface area (Å²) in [5.41, 5.74) is 0. The predicted molar refractivity (Wildman–Crippen MR) is 180 cm³/mol. The van der Waals surface area contributed by atoms with Crippen LogP contribution in [0.1, 0.15) is 110 Å². The number of hydrogen-bond donors (Lipinski definition) is 0. The SMILES string of the molecule is CCCCCCCCCCCCCCCCCCOCCOCCOCCOCCOCCOCCOCCOCCBr. The number of hydrogen-bond acceptors (Lipinski definition) is 8. The van der Waals surface area contributed by atoms with Crippen molar-refractivity contribution in [1.29, 1.82) is 0 Å². The zero-order valence-electron chi connectivity index (χ0n) is 28.0. The summed E-state index contributed by atoms with van der Waals surface area (Å²) in [5, 5.41) is 0.848. The van der Waals surface area contributed by atoms with E-state index < -0.39 is 0 Å². The Morgan fingerprint density at radius 2 is 0.465 bits per heavy atom. The van der Waals surface area contributed by atoms with Gasteiger partial charge in [-0.1, -0.05) is 119 Å². The highest BCUT2D eigenvalue weighted by Gasteiger charge is 1.97. The molecule has 0 saturated heterocycles. The van der Waals surface area contributed by atoms with E-state index in [4.69, 9.17) is 37.9 Å². The molecule has 0 spiro atoms. The fourth-order valence-corrected chi connectivity index (χ4v) is 4.68. The van der Waals surface area contributed by atoms with Gasteiger partial charge < -0.3 is 37.9 Å². The quantitative estimate of drug-likeness (QED) is 0.0479. The molecule has 0 unspecified atom stereocenters. The molecule has 9 heteroatoms. The molecule has 260 valence electrons. The van der Waals surface area contributed by atoms with Crippen molar-refractivity contribution in [3.63, 3.8) is 0 Å². The first kappa shape index (κ1) is 43.2. The zero-order valence-corrected chi connectivity index (χ0v) is 29.6. The number of unbranched alkanes of at least 4 members (excludes halogenated alkanes) is 15. The van der Waals surface area contributed by atoms with Crippen LogP contribution in [0.2, 0.25) is 0 Å². The lowest BCUT2D eigenvalue weighted by atomic mass is 10.0. The second-order valence-electron chi connectivity index (χ2n) is 10.9. The Balaban J connectivity index is 3.02. The average molecular weight is 686 g/mol. The summed E-state index contributed by atoms with van der Waals surface area (Å²) in [7, 11) is 0. The van der Waals surface area contributed by atoms with Crippen LogP contribution in [0, 0.1) is 0 Å². The molecule has 0 aromatic rings. The van der Waals surface area contributed by atoms with Gasteiger partial charge in [-0.2, -0.15) is 0 Å². The zero-order chi connectivity index (χ0) is 31.0. The molecule has 0 bridgehead atoms.